The van der Waals surface area contributed by atoms with Gasteiger partial charge in [-0.15, -0.1) is 0 Å². The maximum atomic E-state index is 12.0. The summed E-state index contributed by atoms with van der Waals surface area (Å²) in [5.74, 6) is 0.0459. The lowest BCUT2D eigenvalue weighted by Gasteiger charge is -2.52. The Morgan fingerprint density at radius 3 is 2.21 bits per heavy atom. The average molecular weight is 265 g/mol. The maximum Gasteiger partial charge on any atom is 0.311 e. The molecule has 0 spiro atoms. The first-order valence-corrected chi connectivity index (χ1v) is 8.00. The molecule has 4 aliphatic carbocycles. The molecule has 3 nitrogen and oxygen atoms in total. The summed E-state index contributed by atoms with van der Waals surface area (Å²) < 4.78 is 5.03. The Kier molecular flexibility index (Phi) is 3.59. The SMILES string of the molecule is COC(=O)C12CCC(CNC3CCCC3)(CC1)CC2. The molecule has 3 heteroatoms. The third kappa shape index (κ3) is 2.42. The number of ether oxygens (including phenoxy) is 1. The Morgan fingerprint density at radius 1 is 1.11 bits per heavy atom. The van der Waals surface area contributed by atoms with E-state index >= 15 is 0 Å². The predicted octanol–water partition coefficient (Wildman–Crippen LogP) is 3.03. The van der Waals surface area contributed by atoms with Crippen LogP contribution in [-0.4, -0.2) is 25.7 Å². The van der Waals surface area contributed by atoms with E-state index in [9.17, 15) is 4.79 Å². The van der Waals surface area contributed by atoms with Gasteiger partial charge in [0, 0.05) is 12.6 Å². The van der Waals surface area contributed by atoms with Gasteiger partial charge >= 0.3 is 5.97 Å². The van der Waals surface area contributed by atoms with Crippen LogP contribution in [0.2, 0.25) is 0 Å². The minimum absolute atomic E-state index is 0.0459. The number of esters is 1. The van der Waals surface area contributed by atoms with Crippen LogP contribution >= 0.6 is 0 Å². The van der Waals surface area contributed by atoms with Crippen molar-refractivity contribution in [2.75, 3.05) is 13.7 Å². The topological polar surface area (TPSA) is 38.3 Å². The van der Waals surface area contributed by atoms with E-state index in [-0.39, 0.29) is 11.4 Å². The van der Waals surface area contributed by atoms with E-state index in [0.717, 1.165) is 25.3 Å². The fraction of sp³-hybridized carbons (Fsp3) is 0.938. The van der Waals surface area contributed by atoms with Crippen molar-refractivity contribution in [1.29, 1.82) is 0 Å². The van der Waals surface area contributed by atoms with Crippen LogP contribution < -0.4 is 5.32 Å². The molecule has 4 saturated carbocycles. The summed E-state index contributed by atoms with van der Waals surface area (Å²) in [5.41, 5.74) is 0.363. The van der Waals surface area contributed by atoms with Crippen LogP contribution in [0.4, 0.5) is 0 Å². The summed E-state index contributed by atoms with van der Waals surface area (Å²) in [7, 11) is 1.54. The third-order valence-electron chi connectivity index (χ3n) is 6.14. The van der Waals surface area contributed by atoms with Crippen molar-refractivity contribution in [1.82, 2.24) is 5.32 Å². The van der Waals surface area contributed by atoms with Crippen LogP contribution in [0.5, 0.6) is 0 Å². The third-order valence-corrected chi connectivity index (χ3v) is 6.14. The van der Waals surface area contributed by atoms with Gasteiger partial charge in [0.1, 0.15) is 0 Å². The summed E-state index contributed by atoms with van der Waals surface area (Å²) in [4.78, 5) is 12.0. The molecule has 4 rings (SSSR count). The molecule has 2 bridgehead atoms. The molecule has 0 aliphatic heterocycles. The van der Waals surface area contributed by atoms with Crippen LogP contribution in [0, 0.1) is 10.8 Å². The summed E-state index contributed by atoms with van der Waals surface area (Å²) >= 11 is 0. The molecule has 0 amide bonds. The molecular weight excluding hydrogens is 238 g/mol. The first kappa shape index (κ1) is 13.4. The van der Waals surface area contributed by atoms with E-state index in [4.69, 9.17) is 4.74 Å². The molecule has 0 aromatic carbocycles. The second-order valence-electron chi connectivity index (χ2n) is 7.13. The van der Waals surface area contributed by atoms with Crippen molar-refractivity contribution in [2.24, 2.45) is 10.8 Å². The minimum atomic E-state index is -0.121. The van der Waals surface area contributed by atoms with Gasteiger partial charge in [-0.2, -0.15) is 0 Å². The van der Waals surface area contributed by atoms with Crippen LogP contribution in [-0.2, 0) is 9.53 Å². The fourth-order valence-electron chi connectivity index (χ4n) is 4.54. The van der Waals surface area contributed by atoms with E-state index in [1.54, 1.807) is 0 Å². The Bertz CT molecular complexity index is 322. The first-order valence-electron chi connectivity index (χ1n) is 8.00. The highest BCUT2D eigenvalue weighted by Crippen LogP contribution is 2.57. The lowest BCUT2D eigenvalue weighted by atomic mass is 9.53. The molecule has 0 aromatic heterocycles. The van der Waals surface area contributed by atoms with Crippen molar-refractivity contribution in [3.63, 3.8) is 0 Å². The summed E-state index contributed by atoms with van der Waals surface area (Å²) in [6.45, 7) is 1.18. The Hall–Kier alpha value is -0.570. The smallest absolute Gasteiger partial charge is 0.311 e. The molecule has 1 N–H and O–H groups in total. The van der Waals surface area contributed by atoms with E-state index < -0.39 is 0 Å². The summed E-state index contributed by atoms with van der Waals surface area (Å²) in [5, 5.41) is 3.81. The zero-order valence-corrected chi connectivity index (χ0v) is 12.2. The molecule has 0 atom stereocenters. The van der Waals surface area contributed by atoms with Crippen LogP contribution in [0.15, 0.2) is 0 Å². The quantitative estimate of drug-likeness (QED) is 0.794. The van der Waals surface area contributed by atoms with Gasteiger partial charge in [0.15, 0.2) is 0 Å². The zero-order chi connectivity index (χ0) is 13.3. The lowest BCUT2D eigenvalue weighted by Crippen LogP contribution is -2.50. The Labute approximate surface area is 116 Å². The van der Waals surface area contributed by atoms with Gasteiger partial charge in [-0.25, -0.2) is 0 Å². The number of nitrogens with one attached hydrogen (secondary N) is 1. The summed E-state index contributed by atoms with van der Waals surface area (Å²) in [6, 6.07) is 0.767. The average Bonchev–Trinajstić information content (AvgIpc) is 3.00. The highest BCUT2D eigenvalue weighted by molar-refractivity contribution is 5.77. The number of rotatable bonds is 4. The highest BCUT2D eigenvalue weighted by atomic mass is 16.5. The molecular formula is C16H27NO2. The van der Waals surface area contributed by atoms with Crippen LogP contribution in [0.3, 0.4) is 0 Å². The largest absolute Gasteiger partial charge is 0.469 e. The molecule has 19 heavy (non-hydrogen) atoms. The molecule has 0 radical (unpaired) electrons. The van der Waals surface area contributed by atoms with Crippen molar-refractivity contribution in [3.8, 4) is 0 Å². The normalized spacial score (nSPS) is 38.6. The van der Waals surface area contributed by atoms with Gasteiger partial charge in [-0.05, 0) is 56.8 Å². The van der Waals surface area contributed by atoms with Gasteiger partial charge in [0.25, 0.3) is 0 Å². The monoisotopic (exact) mass is 265 g/mol. The van der Waals surface area contributed by atoms with Gasteiger partial charge in [0.05, 0.1) is 12.5 Å². The molecule has 4 aliphatic rings. The van der Waals surface area contributed by atoms with E-state index in [1.165, 1.54) is 58.6 Å². The number of hydrogen-bond donors (Lipinski definition) is 1. The predicted molar refractivity (Wildman–Crippen MR) is 74.8 cm³/mol. The van der Waals surface area contributed by atoms with Gasteiger partial charge in [-0.3, -0.25) is 4.79 Å². The lowest BCUT2D eigenvalue weighted by molar-refractivity contribution is -0.162. The molecule has 0 aromatic rings. The number of fused-ring (bicyclic) bond motifs is 3. The number of methoxy groups -OCH3 is 1. The maximum absolute atomic E-state index is 12.0. The number of hydrogen-bond acceptors (Lipinski definition) is 3. The summed E-state index contributed by atoms with van der Waals surface area (Å²) in [6.07, 6.45) is 12.3. The van der Waals surface area contributed by atoms with Crippen molar-refractivity contribution < 1.29 is 9.53 Å². The van der Waals surface area contributed by atoms with Gasteiger partial charge in [-0.1, -0.05) is 12.8 Å². The fourth-order valence-corrected chi connectivity index (χ4v) is 4.54. The van der Waals surface area contributed by atoms with Gasteiger partial charge < -0.3 is 10.1 Å². The Morgan fingerprint density at radius 2 is 1.68 bits per heavy atom. The van der Waals surface area contributed by atoms with Gasteiger partial charge in [0.2, 0.25) is 0 Å². The first-order chi connectivity index (χ1) is 9.18. The molecule has 108 valence electrons. The van der Waals surface area contributed by atoms with E-state index in [1.807, 2.05) is 0 Å². The second kappa shape index (κ2) is 5.08. The molecule has 4 fully saturated rings. The molecule has 0 unspecified atom stereocenters. The highest BCUT2D eigenvalue weighted by Gasteiger charge is 2.52. The van der Waals surface area contributed by atoms with Crippen LogP contribution in [0.25, 0.3) is 0 Å². The number of carbonyl (C=O) groups excluding carboxylic acids is 1. The van der Waals surface area contributed by atoms with E-state index in [0.29, 0.717) is 5.41 Å². The van der Waals surface area contributed by atoms with E-state index in [2.05, 4.69) is 5.32 Å². The second-order valence-corrected chi connectivity index (χ2v) is 7.13. The molecule has 0 heterocycles. The van der Waals surface area contributed by atoms with Crippen molar-refractivity contribution in [3.05, 3.63) is 0 Å². The standard InChI is InChI=1S/C16H27NO2/c1-19-14(18)16-9-6-15(7-10-16,8-11-16)12-17-13-4-2-3-5-13/h13,17H,2-12H2,1H3. The number of carbonyl (C=O) groups is 1. The Balaban J connectivity index is 1.56. The zero-order valence-electron chi connectivity index (χ0n) is 12.2. The van der Waals surface area contributed by atoms with Crippen molar-refractivity contribution in [2.45, 2.75) is 70.3 Å². The van der Waals surface area contributed by atoms with Crippen molar-refractivity contribution >= 4 is 5.97 Å². The van der Waals surface area contributed by atoms with Crippen LogP contribution in [0.1, 0.15) is 64.2 Å². The minimum Gasteiger partial charge on any atom is -0.469 e. The molecule has 0 saturated heterocycles.